The van der Waals surface area contributed by atoms with Crippen LogP contribution >= 0.6 is 0 Å². The summed E-state index contributed by atoms with van der Waals surface area (Å²) in [6.45, 7) is 0. The van der Waals surface area contributed by atoms with E-state index < -0.39 is 12.6 Å². The van der Waals surface area contributed by atoms with Gasteiger partial charge in [-0.15, -0.1) is 0 Å². The van der Waals surface area contributed by atoms with Crippen LogP contribution in [0.2, 0.25) is 0 Å². The molecule has 3 N–H and O–H groups in total. The molecule has 1 aliphatic rings. The Balaban J connectivity index is 2.63. The van der Waals surface area contributed by atoms with E-state index in [1.54, 1.807) is 0 Å². The van der Waals surface area contributed by atoms with E-state index in [9.17, 15) is 13.2 Å². The van der Waals surface area contributed by atoms with E-state index in [2.05, 4.69) is 10.3 Å². The minimum atomic E-state index is -4.07. The zero-order valence-corrected chi connectivity index (χ0v) is 11.9. The first-order valence-electron chi connectivity index (χ1n) is 7.02. The molecule has 0 aromatic heterocycles. The second-order valence-corrected chi connectivity index (χ2v) is 5.79. The Hall–Kier alpha value is -0.330. The molecule has 3 nitrogen and oxygen atoms in total. The van der Waals surface area contributed by atoms with E-state index >= 15 is 0 Å². The summed E-state index contributed by atoms with van der Waals surface area (Å²) in [7, 11) is 4.00. The van der Waals surface area contributed by atoms with Gasteiger partial charge in [-0.3, -0.25) is 11.3 Å². The number of hydrogen-bond acceptors (Lipinski definition) is 3. The number of nitrogens with two attached hydrogens (primary N) is 1. The van der Waals surface area contributed by atoms with Crippen LogP contribution in [0.25, 0.3) is 0 Å². The van der Waals surface area contributed by atoms with E-state index in [1.807, 2.05) is 14.1 Å². The Bertz CT molecular complexity index is 260. The molecule has 0 aromatic carbocycles. The molecule has 6 heteroatoms. The van der Waals surface area contributed by atoms with E-state index in [1.165, 1.54) is 6.42 Å². The van der Waals surface area contributed by atoms with Crippen molar-refractivity contribution in [2.75, 3.05) is 14.1 Å². The summed E-state index contributed by atoms with van der Waals surface area (Å²) in [5.74, 6) is 5.62. The molecule has 0 radical (unpaired) electrons. The summed E-state index contributed by atoms with van der Waals surface area (Å²) in [5.41, 5.74) is 2.67. The molecular weight excluding hydrogens is 255 g/mol. The third-order valence-electron chi connectivity index (χ3n) is 4.41. The van der Waals surface area contributed by atoms with Crippen LogP contribution in [0.4, 0.5) is 13.2 Å². The quantitative estimate of drug-likeness (QED) is 0.581. The monoisotopic (exact) mass is 281 g/mol. The van der Waals surface area contributed by atoms with Gasteiger partial charge in [0, 0.05) is 18.0 Å². The maximum atomic E-state index is 12.2. The topological polar surface area (TPSA) is 41.3 Å². The van der Waals surface area contributed by atoms with Crippen LogP contribution in [0.15, 0.2) is 0 Å². The van der Waals surface area contributed by atoms with Gasteiger partial charge in [0.15, 0.2) is 0 Å². The summed E-state index contributed by atoms with van der Waals surface area (Å²) in [5, 5.41) is 0. The van der Waals surface area contributed by atoms with Gasteiger partial charge in [0.2, 0.25) is 0 Å². The van der Waals surface area contributed by atoms with E-state index in [0.29, 0.717) is 6.42 Å². The number of halogens is 3. The van der Waals surface area contributed by atoms with Crippen LogP contribution in [0.5, 0.6) is 0 Å². The minimum Gasteiger partial charge on any atom is -0.302 e. The molecule has 0 heterocycles. The number of hydrogen-bond donors (Lipinski definition) is 2. The molecule has 1 rings (SSSR count). The largest absolute Gasteiger partial charge is 0.389 e. The SMILES string of the molecule is CN(C)C1(C(CCCC(F)(F)F)NN)CCCCC1. The number of nitrogens with one attached hydrogen (secondary N) is 1. The van der Waals surface area contributed by atoms with Crippen molar-refractivity contribution < 1.29 is 13.2 Å². The zero-order valence-electron chi connectivity index (χ0n) is 11.9. The number of nitrogens with zero attached hydrogens (tertiary/aromatic N) is 1. The van der Waals surface area contributed by atoms with Crippen molar-refractivity contribution in [3.63, 3.8) is 0 Å². The molecule has 0 bridgehead atoms. The van der Waals surface area contributed by atoms with Crippen LogP contribution in [0.1, 0.15) is 51.4 Å². The Morgan fingerprint density at radius 2 is 1.79 bits per heavy atom. The second-order valence-electron chi connectivity index (χ2n) is 5.79. The Kier molecular flexibility index (Phi) is 6.08. The predicted molar refractivity (Wildman–Crippen MR) is 70.5 cm³/mol. The summed E-state index contributed by atoms with van der Waals surface area (Å²) in [4.78, 5) is 2.14. The lowest BCUT2D eigenvalue weighted by Crippen LogP contribution is -2.61. The average Bonchev–Trinajstić information content (AvgIpc) is 2.34. The minimum absolute atomic E-state index is 0.0786. The van der Waals surface area contributed by atoms with E-state index in [0.717, 1.165) is 25.7 Å². The highest BCUT2D eigenvalue weighted by molar-refractivity contribution is 4.99. The Morgan fingerprint density at radius 1 is 1.21 bits per heavy atom. The van der Waals surface area contributed by atoms with Gasteiger partial charge in [-0.1, -0.05) is 19.3 Å². The van der Waals surface area contributed by atoms with Crippen molar-refractivity contribution >= 4 is 0 Å². The molecule has 0 amide bonds. The van der Waals surface area contributed by atoms with Crippen molar-refractivity contribution in [3.05, 3.63) is 0 Å². The summed E-state index contributed by atoms with van der Waals surface area (Å²) in [6.07, 6.45) is 1.25. The van der Waals surface area contributed by atoms with Crippen molar-refractivity contribution in [1.29, 1.82) is 0 Å². The molecule has 19 heavy (non-hydrogen) atoms. The Morgan fingerprint density at radius 3 is 2.21 bits per heavy atom. The lowest BCUT2D eigenvalue weighted by molar-refractivity contribution is -0.136. The lowest BCUT2D eigenvalue weighted by Gasteiger charge is -2.48. The van der Waals surface area contributed by atoms with Gasteiger partial charge in [0.25, 0.3) is 0 Å². The zero-order chi connectivity index (χ0) is 14.5. The molecule has 1 aliphatic carbocycles. The van der Waals surface area contributed by atoms with Gasteiger partial charge >= 0.3 is 6.18 Å². The molecule has 0 saturated heterocycles. The fourth-order valence-corrected chi connectivity index (χ4v) is 3.29. The predicted octanol–water partition coefficient (Wildman–Crippen LogP) is 2.82. The molecule has 1 unspecified atom stereocenters. The maximum Gasteiger partial charge on any atom is 0.389 e. The highest BCUT2D eigenvalue weighted by Crippen LogP contribution is 2.37. The number of hydrazine groups is 1. The van der Waals surface area contributed by atoms with Gasteiger partial charge in [-0.25, -0.2) is 0 Å². The average molecular weight is 281 g/mol. The van der Waals surface area contributed by atoms with Crippen LogP contribution in [-0.2, 0) is 0 Å². The highest BCUT2D eigenvalue weighted by atomic mass is 19.4. The van der Waals surface area contributed by atoms with Gasteiger partial charge in [-0.05, 0) is 39.8 Å². The lowest BCUT2D eigenvalue weighted by atomic mass is 9.74. The van der Waals surface area contributed by atoms with Crippen molar-refractivity contribution in [1.82, 2.24) is 10.3 Å². The molecule has 114 valence electrons. The fourth-order valence-electron chi connectivity index (χ4n) is 3.29. The van der Waals surface area contributed by atoms with E-state index in [4.69, 9.17) is 5.84 Å². The third kappa shape index (κ3) is 4.61. The highest BCUT2D eigenvalue weighted by Gasteiger charge is 2.41. The third-order valence-corrected chi connectivity index (χ3v) is 4.41. The summed E-state index contributed by atoms with van der Waals surface area (Å²) >= 11 is 0. The normalized spacial score (nSPS) is 21.6. The van der Waals surface area contributed by atoms with Gasteiger partial charge in [-0.2, -0.15) is 13.2 Å². The fraction of sp³-hybridized carbons (Fsp3) is 1.00. The van der Waals surface area contributed by atoms with Crippen molar-refractivity contribution in [3.8, 4) is 0 Å². The van der Waals surface area contributed by atoms with Crippen molar-refractivity contribution in [2.24, 2.45) is 5.84 Å². The molecule has 1 saturated carbocycles. The molecular formula is C13H26F3N3. The summed E-state index contributed by atoms with van der Waals surface area (Å²) in [6, 6.07) is -0.0786. The van der Waals surface area contributed by atoms with Gasteiger partial charge in [0.05, 0.1) is 0 Å². The molecule has 1 atom stereocenters. The smallest absolute Gasteiger partial charge is 0.302 e. The van der Waals surface area contributed by atoms with Crippen LogP contribution < -0.4 is 11.3 Å². The van der Waals surface area contributed by atoms with Gasteiger partial charge < -0.3 is 4.90 Å². The second kappa shape index (κ2) is 6.90. The number of alkyl halides is 3. The first-order chi connectivity index (χ1) is 8.82. The molecule has 0 aliphatic heterocycles. The first-order valence-corrected chi connectivity index (χ1v) is 7.02. The van der Waals surface area contributed by atoms with Crippen LogP contribution in [0, 0.1) is 0 Å². The van der Waals surface area contributed by atoms with Crippen molar-refractivity contribution in [2.45, 2.75) is 69.1 Å². The van der Waals surface area contributed by atoms with Crippen LogP contribution in [-0.4, -0.2) is 36.8 Å². The first kappa shape index (κ1) is 16.7. The Labute approximate surface area is 113 Å². The van der Waals surface area contributed by atoms with Gasteiger partial charge in [0.1, 0.15) is 0 Å². The number of likely N-dealkylation sites (N-methyl/N-ethyl adjacent to an activating group) is 1. The standard InChI is InChI=1S/C13H26F3N3/c1-19(2)12(8-4-3-5-9-12)11(18-17)7-6-10-13(14,15)16/h11,18H,3-10,17H2,1-2H3. The molecule has 0 aromatic rings. The molecule has 1 fully saturated rings. The van der Waals surface area contributed by atoms with Crippen LogP contribution in [0.3, 0.4) is 0 Å². The molecule has 0 spiro atoms. The van der Waals surface area contributed by atoms with E-state index in [-0.39, 0.29) is 18.0 Å². The summed E-state index contributed by atoms with van der Waals surface area (Å²) < 4.78 is 36.7. The number of rotatable bonds is 6. The maximum absolute atomic E-state index is 12.2.